The Morgan fingerprint density at radius 3 is 2.30 bits per heavy atom. The second kappa shape index (κ2) is 1.66. The maximum atomic E-state index is 11.0. The minimum absolute atomic E-state index is 0.160. The highest BCUT2D eigenvalue weighted by atomic mass is 79.9. The van der Waals surface area contributed by atoms with E-state index in [2.05, 4.69) is 15.9 Å². The summed E-state index contributed by atoms with van der Waals surface area (Å²) in [6.07, 6.45) is 3.46. The van der Waals surface area contributed by atoms with Crippen LogP contribution < -0.4 is 0 Å². The molecule has 0 amide bonds. The molecule has 0 spiro atoms. The van der Waals surface area contributed by atoms with Crippen molar-refractivity contribution in [3.05, 3.63) is 0 Å². The Labute approximate surface area is 69.3 Å². The van der Waals surface area contributed by atoms with E-state index in [1.165, 1.54) is 0 Å². The molecule has 0 saturated heterocycles. The van der Waals surface area contributed by atoms with Gasteiger partial charge in [-0.15, -0.1) is 0 Å². The molecular formula is C8H11BrO. The molecule has 0 N–H and O–H groups in total. The maximum Gasteiger partial charge on any atom is 0.136 e. The molecule has 56 valence electrons. The molecule has 2 bridgehead atoms. The van der Waals surface area contributed by atoms with Crippen LogP contribution in [0.4, 0.5) is 0 Å². The van der Waals surface area contributed by atoms with Crippen molar-refractivity contribution in [2.24, 2.45) is 10.8 Å². The maximum absolute atomic E-state index is 11.0. The van der Waals surface area contributed by atoms with Gasteiger partial charge in [0.2, 0.25) is 0 Å². The second-order valence-corrected chi connectivity index (χ2v) is 4.56. The van der Waals surface area contributed by atoms with Crippen LogP contribution in [-0.2, 0) is 4.79 Å². The van der Waals surface area contributed by atoms with E-state index in [-0.39, 0.29) is 5.41 Å². The molecule has 0 atom stereocenters. The third-order valence-corrected chi connectivity index (χ3v) is 4.36. The lowest BCUT2D eigenvalue weighted by Gasteiger charge is -2.69. The number of hydrogen-bond acceptors (Lipinski definition) is 1. The van der Waals surface area contributed by atoms with Gasteiger partial charge in [0.15, 0.2) is 0 Å². The number of rotatable bonds is 2. The summed E-state index contributed by atoms with van der Waals surface area (Å²) in [7, 11) is 0. The molecule has 0 aromatic heterocycles. The molecule has 0 unspecified atom stereocenters. The summed E-state index contributed by atoms with van der Waals surface area (Å²) in [5.41, 5.74) is 0.708. The quantitative estimate of drug-likeness (QED) is 0.628. The standard InChI is InChI=1S/C8H11BrO/c1-6(10)8-2-7(3-8,4-8)5-9/h2-5H2,1H3. The number of carbonyl (C=O) groups is 1. The average molecular weight is 203 g/mol. The van der Waals surface area contributed by atoms with Gasteiger partial charge in [0, 0.05) is 10.7 Å². The van der Waals surface area contributed by atoms with Crippen LogP contribution in [-0.4, -0.2) is 11.1 Å². The van der Waals surface area contributed by atoms with Crippen LogP contribution in [0.2, 0.25) is 0 Å². The third kappa shape index (κ3) is 0.565. The summed E-state index contributed by atoms with van der Waals surface area (Å²) in [5.74, 6) is 0.412. The van der Waals surface area contributed by atoms with Gasteiger partial charge in [0.05, 0.1) is 0 Å². The smallest absolute Gasteiger partial charge is 0.136 e. The molecule has 3 aliphatic carbocycles. The molecule has 3 rings (SSSR count). The van der Waals surface area contributed by atoms with E-state index in [0.717, 1.165) is 24.6 Å². The first-order valence-corrected chi connectivity index (χ1v) is 4.82. The molecule has 0 radical (unpaired) electrons. The SMILES string of the molecule is CC(=O)C12CC(CBr)(C1)C2. The van der Waals surface area contributed by atoms with Crippen molar-refractivity contribution in [1.82, 2.24) is 0 Å². The lowest BCUT2D eigenvalue weighted by atomic mass is 9.35. The zero-order valence-corrected chi connectivity index (χ0v) is 7.70. The van der Waals surface area contributed by atoms with E-state index in [4.69, 9.17) is 0 Å². The highest BCUT2D eigenvalue weighted by Gasteiger charge is 2.69. The zero-order chi connectivity index (χ0) is 7.41. The molecule has 2 heteroatoms. The summed E-state index contributed by atoms with van der Waals surface area (Å²) in [5, 5.41) is 1.09. The van der Waals surface area contributed by atoms with Crippen molar-refractivity contribution in [2.45, 2.75) is 26.2 Å². The van der Waals surface area contributed by atoms with E-state index in [1.807, 2.05) is 0 Å². The Morgan fingerprint density at radius 2 is 2.00 bits per heavy atom. The predicted octanol–water partition coefficient (Wildman–Crippen LogP) is 2.14. The van der Waals surface area contributed by atoms with Crippen molar-refractivity contribution in [3.63, 3.8) is 0 Å². The highest BCUT2D eigenvalue weighted by Crippen LogP contribution is 2.74. The lowest BCUT2D eigenvalue weighted by Crippen LogP contribution is -2.65. The van der Waals surface area contributed by atoms with Crippen LogP contribution in [0, 0.1) is 10.8 Å². The summed E-state index contributed by atoms with van der Waals surface area (Å²) >= 11 is 3.48. The fraction of sp³-hybridized carbons (Fsp3) is 0.875. The number of alkyl halides is 1. The number of halogens is 1. The molecular weight excluding hydrogens is 192 g/mol. The summed E-state index contributed by atoms with van der Waals surface area (Å²) in [6.45, 7) is 1.73. The van der Waals surface area contributed by atoms with Crippen LogP contribution in [0.5, 0.6) is 0 Å². The summed E-state index contributed by atoms with van der Waals surface area (Å²) in [4.78, 5) is 11.0. The number of carbonyl (C=O) groups excluding carboxylic acids is 1. The van der Waals surface area contributed by atoms with Crippen molar-refractivity contribution >= 4 is 21.7 Å². The fourth-order valence-corrected chi connectivity index (χ4v) is 3.11. The molecule has 10 heavy (non-hydrogen) atoms. The lowest BCUT2D eigenvalue weighted by molar-refractivity contribution is -0.192. The Hall–Kier alpha value is 0.150. The average Bonchev–Trinajstić information content (AvgIpc) is 1.57. The van der Waals surface area contributed by atoms with E-state index in [1.54, 1.807) is 6.92 Å². The topological polar surface area (TPSA) is 17.1 Å². The molecule has 0 aromatic rings. The first-order chi connectivity index (χ1) is 4.63. The number of ketones is 1. The van der Waals surface area contributed by atoms with Gasteiger partial charge in [0.1, 0.15) is 5.78 Å². The first-order valence-electron chi connectivity index (χ1n) is 3.70. The Bertz CT molecular complexity index is 178. The Kier molecular flexibility index (Phi) is 1.13. The fourth-order valence-electron chi connectivity index (χ4n) is 2.51. The van der Waals surface area contributed by atoms with E-state index < -0.39 is 0 Å². The minimum Gasteiger partial charge on any atom is -0.299 e. The number of hydrogen-bond donors (Lipinski definition) is 0. The molecule has 0 aliphatic heterocycles. The molecule has 0 heterocycles. The van der Waals surface area contributed by atoms with Crippen LogP contribution in [0.15, 0.2) is 0 Å². The van der Waals surface area contributed by atoms with Gasteiger partial charge in [0.25, 0.3) is 0 Å². The molecule has 3 aliphatic rings. The van der Waals surface area contributed by atoms with Crippen LogP contribution in [0.1, 0.15) is 26.2 Å². The molecule has 3 saturated carbocycles. The van der Waals surface area contributed by atoms with E-state index in [0.29, 0.717) is 11.2 Å². The van der Waals surface area contributed by atoms with Gasteiger partial charge < -0.3 is 0 Å². The van der Waals surface area contributed by atoms with E-state index >= 15 is 0 Å². The molecule has 1 nitrogen and oxygen atoms in total. The van der Waals surface area contributed by atoms with Gasteiger partial charge in [-0.05, 0) is 31.6 Å². The van der Waals surface area contributed by atoms with E-state index in [9.17, 15) is 4.79 Å². The van der Waals surface area contributed by atoms with Gasteiger partial charge in [-0.25, -0.2) is 0 Å². The predicted molar refractivity (Wildman–Crippen MR) is 43.2 cm³/mol. The van der Waals surface area contributed by atoms with Crippen molar-refractivity contribution in [2.75, 3.05) is 5.33 Å². The summed E-state index contributed by atoms with van der Waals surface area (Å²) < 4.78 is 0. The van der Waals surface area contributed by atoms with Crippen LogP contribution >= 0.6 is 15.9 Å². The van der Waals surface area contributed by atoms with Gasteiger partial charge in [-0.1, -0.05) is 15.9 Å². The Balaban J connectivity index is 2.04. The van der Waals surface area contributed by atoms with Crippen LogP contribution in [0.3, 0.4) is 0 Å². The van der Waals surface area contributed by atoms with Gasteiger partial charge in [-0.2, -0.15) is 0 Å². The van der Waals surface area contributed by atoms with Crippen molar-refractivity contribution < 1.29 is 4.79 Å². The monoisotopic (exact) mass is 202 g/mol. The van der Waals surface area contributed by atoms with Crippen molar-refractivity contribution in [3.8, 4) is 0 Å². The minimum atomic E-state index is 0.160. The normalized spacial score (nSPS) is 49.4. The largest absolute Gasteiger partial charge is 0.299 e. The summed E-state index contributed by atoms with van der Waals surface area (Å²) in [6, 6.07) is 0. The van der Waals surface area contributed by atoms with Crippen LogP contribution in [0.25, 0.3) is 0 Å². The first kappa shape index (κ1) is 6.84. The number of Topliss-reactive ketones (excluding diaryl/α,β-unsaturated/α-hetero) is 1. The van der Waals surface area contributed by atoms with Gasteiger partial charge >= 0.3 is 0 Å². The van der Waals surface area contributed by atoms with Crippen molar-refractivity contribution in [1.29, 1.82) is 0 Å². The highest BCUT2D eigenvalue weighted by molar-refractivity contribution is 9.09. The third-order valence-electron chi connectivity index (χ3n) is 3.17. The molecule has 3 fully saturated rings. The van der Waals surface area contributed by atoms with Gasteiger partial charge in [-0.3, -0.25) is 4.79 Å². The Morgan fingerprint density at radius 1 is 1.50 bits per heavy atom. The second-order valence-electron chi connectivity index (χ2n) is 4.00. The zero-order valence-electron chi connectivity index (χ0n) is 6.11. The molecule has 0 aromatic carbocycles.